The monoisotopic (exact) mass is 406 g/mol. The average molecular weight is 406 g/mol. The summed E-state index contributed by atoms with van der Waals surface area (Å²) in [5.41, 5.74) is 1.76. The number of urea groups is 1. The van der Waals surface area contributed by atoms with Crippen molar-refractivity contribution in [2.75, 3.05) is 11.9 Å². The molecule has 4 amide bonds. The predicted molar refractivity (Wildman–Crippen MR) is 110 cm³/mol. The van der Waals surface area contributed by atoms with Gasteiger partial charge in [-0.2, -0.15) is 0 Å². The van der Waals surface area contributed by atoms with Crippen molar-refractivity contribution in [3.05, 3.63) is 87.6 Å². The summed E-state index contributed by atoms with van der Waals surface area (Å²) in [6, 6.07) is 12.5. The fourth-order valence-electron chi connectivity index (χ4n) is 2.84. The van der Waals surface area contributed by atoms with Crippen molar-refractivity contribution in [3.8, 4) is 0 Å². The van der Waals surface area contributed by atoms with Gasteiger partial charge in [-0.25, -0.2) is 9.69 Å². The number of para-hydroxylation sites is 1. The first-order valence-corrected chi connectivity index (χ1v) is 8.96. The number of hydrogen-bond acceptors (Lipinski definition) is 5. The van der Waals surface area contributed by atoms with Crippen molar-refractivity contribution in [2.24, 2.45) is 0 Å². The largest absolute Gasteiger partial charge is 0.329 e. The number of carbonyl (C=O) groups excluding carboxylic acids is 3. The van der Waals surface area contributed by atoms with Crippen LogP contribution in [0.2, 0.25) is 0 Å². The standard InChI is InChI=1S/C21H18N4O5/c1-14-6-4-9-16(12-14)22-19(26)13-24-20(27)17(23-21(24)28)10-5-8-15-7-2-3-11-18(15)25(29)30/h2-12H,13H2,1H3,(H,22,26)(H,23,28)/b8-5+,17-10+. The summed E-state index contributed by atoms with van der Waals surface area (Å²) in [7, 11) is 0. The number of amides is 4. The lowest BCUT2D eigenvalue weighted by molar-refractivity contribution is -0.385. The van der Waals surface area contributed by atoms with Gasteiger partial charge in [0.1, 0.15) is 12.2 Å². The maximum Gasteiger partial charge on any atom is 0.329 e. The van der Waals surface area contributed by atoms with Gasteiger partial charge in [0.05, 0.1) is 10.5 Å². The molecule has 1 aliphatic heterocycles. The van der Waals surface area contributed by atoms with Gasteiger partial charge >= 0.3 is 6.03 Å². The van der Waals surface area contributed by atoms with E-state index in [0.717, 1.165) is 10.5 Å². The van der Waals surface area contributed by atoms with Crippen LogP contribution in [0.4, 0.5) is 16.2 Å². The Labute approximate surface area is 171 Å². The number of nitro groups is 1. The Balaban J connectivity index is 1.67. The van der Waals surface area contributed by atoms with Gasteiger partial charge in [-0.05, 0) is 42.8 Å². The van der Waals surface area contributed by atoms with Crippen LogP contribution in [-0.4, -0.2) is 34.2 Å². The zero-order chi connectivity index (χ0) is 21.7. The van der Waals surface area contributed by atoms with E-state index in [1.807, 2.05) is 13.0 Å². The number of benzene rings is 2. The van der Waals surface area contributed by atoms with Crippen molar-refractivity contribution in [1.82, 2.24) is 10.2 Å². The van der Waals surface area contributed by atoms with Gasteiger partial charge in [-0.15, -0.1) is 0 Å². The molecule has 0 saturated carbocycles. The highest BCUT2D eigenvalue weighted by atomic mass is 16.6. The minimum Gasteiger partial charge on any atom is -0.325 e. The first-order valence-electron chi connectivity index (χ1n) is 8.96. The topological polar surface area (TPSA) is 122 Å². The van der Waals surface area contributed by atoms with Crippen molar-refractivity contribution in [1.29, 1.82) is 0 Å². The van der Waals surface area contributed by atoms with Crippen LogP contribution in [0.5, 0.6) is 0 Å². The smallest absolute Gasteiger partial charge is 0.325 e. The average Bonchev–Trinajstić information content (AvgIpc) is 2.96. The molecule has 3 rings (SSSR count). The Kier molecular flexibility index (Phi) is 6.02. The Morgan fingerprint density at radius 2 is 1.97 bits per heavy atom. The highest BCUT2D eigenvalue weighted by Crippen LogP contribution is 2.19. The molecule has 0 radical (unpaired) electrons. The number of anilines is 1. The molecule has 0 spiro atoms. The van der Waals surface area contributed by atoms with E-state index in [0.29, 0.717) is 11.3 Å². The molecule has 9 nitrogen and oxygen atoms in total. The predicted octanol–water partition coefficient (Wildman–Crippen LogP) is 2.99. The van der Waals surface area contributed by atoms with Crippen LogP contribution in [0.3, 0.4) is 0 Å². The fraction of sp³-hybridized carbons (Fsp3) is 0.0952. The Bertz CT molecular complexity index is 1090. The van der Waals surface area contributed by atoms with E-state index in [1.165, 1.54) is 24.3 Å². The van der Waals surface area contributed by atoms with E-state index in [-0.39, 0.29) is 11.4 Å². The number of hydrogen-bond donors (Lipinski definition) is 2. The first-order chi connectivity index (χ1) is 14.3. The molecule has 2 aromatic carbocycles. The molecule has 0 aliphatic carbocycles. The third-order valence-electron chi connectivity index (χ3n) is 4.24. The highest BCUT2D eigenvalue weighted by molar-refractivity contribution is 6.14. The van der Waals surface area contributed by atoms with E-state index in [9.17, 15) is 24.5 Å². The van der Waals surface area contributed by atoms with Gasteiger partial charge in [0, 0.05) is 11.8 Å². The van der Waals surface area contributed by atoms with E-state index in [1.54, 1.807) is 36.4 Å². The van der Waals surface area contributed by atoms with Gasteiger partial charge in [-0.3, -0.25) is 19.7 Å². The Morgan fingerprint density at radius 1 is 1.20 bits per heavy atom. The molecule has 1 heterocycles. The van der Waals surface area contributed by atoms with E-state index in [4.69, 9.17) is 0 Å². The summed E-state index contributed by atoms with van der Waals surface area (Å²) in [4.78, 5) is 48.0. The van der Waals surface area contributed by atoms with Crippen molar-refractivity contribution in [2.45, 2.75) is 6.92 Å². The quantitative estimate of drug-likeness (QED) is 0.331. The zero-order valence-electron chi connectivity index (χ0n) is 16.0. The summed E-state index contributed by atoms with van der Waals surface area (Å²) in [6.45, 7) is 1.44. The van der Waals surface area contributed by atoms with Crippen molar-refractivity contribution in [3.63, 3.8) is 0 Å². The van der Waals surface area contributed by atoms with Crippen LogP contribution in [0.1, 0.15) is 11.1 Å². The number of aryl methyl sites for hydroxylation is 1. The summed E-state index contributed by atoms with van der Waals surface area (Å²) in [5, 5.41) is 16.1. The summed E-state index contributed by atoms with van der Waals surface area (Å²) < 4.78 is 0. The molecule has 2 N–H and O–H groups in total. The van der Waals surface area contributed by atoms with Crippen LogP contribution < -0.4 is 10.6 Å². The second-order valence-electron chi connectivity index (χ2n) is 6.49. The van der Waals surface area contributed by atoms with E-state index < -0.39 is 29.3 Å². The van der Waals surface area contributed by atoms with Gasteiger partial charge in [0.15, 0.2) is 0 Å². The minimum absolute atomic E-state index is 0.0295. The van der Waals surface area contributed by atoms with Gasteiger partial charge in [-0.1, -0.05) is 30.3 Å². The molecule has 1 saturated heterocycles. The second kappa shape index (κ2) is 8.82. The third kappa shape index (κ3) is 4.76. The fourth-order valence-corrected chi connectivity index (χ4v) is 2.84. The van der Waals surface area contributed by atoms with Gasteiger partial charge < -0.3 is 10.6 Å². The molecule has 0 bridgehead atoms. The number of carbonyl (C=O) groups is 3. The SMILES string of the molecule is Cc1cccc(NC(=O)CN2C(=O)N/C(=C/C=C/c3ccccc3[N+](=O)[O-])C2=O)c1. The lowest BCUT2D eigenvalue weighted by Crippen LogP contribution is -2.38. The van der Waals surface area contributed by atoms with E-state index in [2.05, 4.69) is 10.6 Å². The van der Waals surface area contributed by atoms with E-state index >= 15 is 0 Å². The molecule has 0 aromatic heterocycles. The lowest BCUT2D eigenvalue weighted by atomic mass is 10.1. The van der Waals surface area contributed by atoms with Crippen LogP contribution in [-0.2, 0) is 9.59 Å². The summed E-state index contributed by atoms with van der Waals surface area (Å²) in [6.07, 6.45) is 4.21. The summed E-state index contributed by atoms with van der Waals surface area (Å²) in [5.74, 6) is -1.17. The zero-order valence-corrected chi connectivity index (χ0v) is 16.0. The molecule has 0 unspecified atom stereocenters. The maximum atomic E-state index is 12.4. The Morgan fingerprint density at radius 3 is 2.70 bits per heavy atom. The third-order valence-corrected chi connectivity index (χ3v) is 4.24. The first kappa shape index (κ1) is 20.5. The molecule has 30 heavy (non-hydrogen) atoms. The lowest BCUT2D eigenvalue weighted by Gasteiger charge is -2.12. The molecular weight excluding hydrogens is 388 g/mol. The second-order valence-corrected chi connectivity index (χ2v) is 6.49. The highest BCUT2D eigenvalue weighted by Gasteiger charge is 2.34. The number of imide groups is 1. The normalized spacial score (nSPS) is 15.0. The minimum atomic E-state index is -0.718. The Hall–Kier alpha value is -4.27. The van der Waals surface area contributed by atoms with Crippen molar-refractivity contribution >= 4 is 35.3 Å². The molecule has 1 aliphatic rings. The van der Waals surface area contributed by atoms with Gasteiger partial charge in [0.2, 0.25) is 5.91 Å². The number of rotatable bonds is 6. The molecule has 152 valence electrons. The molecule has 0 atom stereocenters. The molecule has 9 heteroatoms. The van der Waals surface area contributed by atoms with Crippen LogP contribution >= 0.6 is 0 Å². The number of allylic oxidation sites excluding steroid dienone is 2. The number of nitrogens with one attached hydrogen (secondary N) is 2. The molecular formula is C21H18N4O5. The number of nitro benzene ring substituents is 1. The van der Waals surface area contributed by atoms with Crippen LogP contribution in [0.15, 0.2) is 66.4 Å². The summed E-state index contributed by atoms with van der Waals surface area (Å²) >= 11 is 0. The molecule has 1 fully saturated rings. The number of nitrogens with zero attached hydrogens (tertiary/aromatic N) is 2. The van der Waals surface area contributed by atoms with Crippen LogP contribution in [0, 0.1) is 17.0 Å². The van der Waals surface area contributed by atoms with Crippen molar-refractivity contribution < 1.29 is 19.3 Å². The molecule has 2 aromatic rings. The van der Waals surface area contributed by atoms with Crippen LogP contribution in [0.25, 0.3) is 6.08 Å². The maximum absolute atomic E-state index is 12.4. The van der Waals surface area contributed by atoms with Gasteiger partial charge in [0.25, 0.3) is 11.6 Å².